The van der Waals surface area contributed by atoms with Crippen LogP contribution in [0.15, 0.2) is 41.7 Å². The van der Waals surface area contributed by atoms with Crippen molar-refractivity contribution < 1.29 is 13.9 Å². The Kier molecular flexibility index (Phi) is 4.75. The molecule has 1 fully saturated rings. The van der Waals surface area contributed by atoms with E-state index in [2.05, 4.69) is 30.4 Å². The molecule has 0 radical (unpaired) electrons. The van der Waals surface area contributed by atoms with E-state index in [9.17, 15) is 14.0 Å². The molecule has 11 nitrogen and oxygen atoms in total. The zero-order valence-electron chi connectivity index (χ0n) is 16.2. The average Bonchev–Trinajstić information content (AvgIpc) is 3.29. The van der Waals surface area contributed by atoms with Crippen molar-refractivity contribution in [2.75, 3.05) is 36.5 Å². The number of fused-ring (bicyclic) bond motifs is 2. The molecule has 0 atom stereocenters. The Bertz CT molecular complexity index is 1330. The highest BCUT2D eigenvalue weighted by Gasteiger charge is 2.19. The number of hydrogen-bond acceptors (Lipinski definition) is 8. The first-order valence-electron chi connectivity index (χ1n) is 9.56. The Balaban J connectivity index is 1.57. The van der Waals surface area contributed by atoms with Gasteiger partial charge in [-0.15, -0.1) is 10.2 Å². The largest absolute Gasteiger partial charge is 0.378 e. The minimum atomic E-state index is -0.503. The Morgan fingerprint density at radius 2 is 2.03 bits per heavy atom. The normalized spacial score (nSPS) is 14.3. The minimum absolute atomic E-state index is 0.174. The number of nitrogens with one attached hydrogen (secondary N) is 1. The highest BCUT2D eigenvalue weighted by molar-refractivity contribution is 5.91. The third kappa shape index (κ3) is 3.57. The number of amides is 1. The minimum Gasteiger partial charge on any atom is -0.378 e. The summed E-state index contributed by atoms with van der Waals surface area (Å²) in [6.45, 7) is 2.41. The van der Waals surface area contributed by atoms with E-state index in [1.807, 2.05) is 6.07 Å². The first kappa shape index (κ1) is 19.1. The summed E-state index contributed by atoms with van der Waals surface area (Å²) in [4.78, 5) is 35.8. The lowest BCUT2D eigenvalue weighted by atomic mass is 10.2. The molecular weight excluding hydrogens is 407 g/mol. The predicted octanol–water partition coefficient (Wildman–Crippen LogP) is 0.449. The molecule has 5 heterocycles. The lowest BCUT2D eigenvalue weighted by molar-refractivity contribution is -0.116. The second-order valence-electron chi connectivity index (χ2n) is 6.96. The number of nitrogens with zero attached hydrogens (tertiary/aromatic N) is 7. The van der Waals surface area contributed by atoms with Gasteiger partial charge in [0.25, 0.3) is 5.56 Å². The van der Waals surface area contributed by atoms with Crippen LogP contribution in [-0.2, 0) is 16.1 Å². The van der Waals surface area contributed by atoms with Crippen molar-refractivity contribution in [3.8, 4) is 0 Å². The fourth-order valence-electron chi connectivity index (χ4n) is 3.52. The van der Waals surface area contributed by atoms with Crippen molar-refractivity contribution in [2.24, 2.45) is 0 Å². The van der Waals surface area contributed by atoms with E-state index in [1.165, 1.54) is 22.9 Å². The van der Waals surface area contributed by atoms with E-state index in [0.29, 0.717) is 31.8 Å². The molecular formula is C19H17FN8O3. The van der Waals surface area contributed by atoms with E-state index < -0.39 is 11.7 Å². The summed E-state index contributed by atoms with van der Waals surface area (Å²) < 4.78 is 21.3. The van der Waals surface area contributed by atoms with Crippen molar-refractivity contribution in [3.05, 3.63) is 53.1 Å². The van der Waals surface area contributed by atoms with Crippen LogP contribution >= 0.6 is 0 Å². The summed E-state index contributed by atoms with van der Waals surface area (Å²) >= 11 is 0. The Labute approximate surface area is 174 Å². The van der Waals surface area contributed by atoms with Crippen LogP contribution in [0.4, 0.5) is 15.9 Å². The molecule has 5 rings (SSSR count). The van der Waals surface area contributed by atoms with Crippen molar-refractivity contribution in [1.29, 1.82) is 0 Å². The van der Waals surface area contributed by atoms with Gasteiger partial charge in [-0.05, 0) is 18.2 Å². The third-order valence-electron chi connectivity index (χ3n) is 5.01. The van der Waals surface area contributed by atoms with Crippen LogP contribution in [0.5, 0.6) is 0 Å². The molecule has 1 aliphatic rings. The number of carbonyl (C=O) groups excluding carboxylic acids is 1. The van der Waals surface area contributed by atoms with Gasteiger partial charge in [0.1, 0.15) is 24.5 Å². The molecule has 0 bridgehead atoms. The monoisotopic (exact) mass is 424 g/mol. The molecule has 0 saturated carbocycles. The summed E-state index contributed by atoms with van der Waals surface area (Å²) in [5, 5.41) is 10.4. The van der Waals surface area contributed by atoms with Gasteiger partial charge in [0, 0.05) is 13.1 Å². The average molecular weight is 424 g/mol. The van der Waals surface area contributed by atoms with Crippen molar-refractivity contribution >= 4 is 34.2 Å². The van der Waals surface area contributed by atoms with Gasteiger partial charge >= 0.3 is 0 Å². The standard InChI is InChI=1S/C19H17FN8O3/c20-12-1-2-15(21-8-12)24-16(29)10-27-14-7-13(26-3-5-31-6-4-26)9-22-17(14)18(30)28-11-23-25-19(27)28/h1-2,7-9,11H,3-6,10H2,(H,21,24,29). The SMILES string of the molecule is O=C(Cn1c2cc(N3CCOCC3)cnc2c(=O)n2cnnc12)Nc1ccc(F)cn1. The number of carbonyl (C=O) groups is 1. The van der Waals surface area contributed by atoms with Crippen LogP contribution in [0.3, 0.4) is 0 Å². The number of morpholine rings is 1. The summed E-state index contributed by atoms with van der Waals surface area (Å²) in [5.41, 5.74) is 1.09. The Morgan fingerprint density at radius 1 is 1.19 bits per heavy atom. The van der Waals surface area contributed by atoms with Gasteiger partial charge in [0.2, 0.25) is 11.7 Å². The second-order valence-corrected chi connectivity index (χ2v) is 6.96. The molecule has 0 aromatic carbocycles. The number of anilines is 2. The van der Waals surface area contributed by atoms with Crippen molar-refractivity contribution in [1.82, 2.24) is 29.1 Å². The van der Waals surface area contributed by atoms with E-state index >= 15 is 0 Å². The number of hydrogen-bond donors (Lipinski definition) is 1. The summed E-state index contributed by atoms with van der Waals surface area (Å²) in [5.74, 6) is -0.510. The number of pyridine rings is 2. The molecule has 0 unspecified atom stereocenters. The van der Waals surface area contributed by atoms with E-state index in [-0.39, 0.29) is 29.2 Å². The van der Waals surface area contributed by atoms with Crippen LogP contribution in [0.1, 0.15) is 0 Å². The molecule has 1 saturated heterocycles. The second kappa shape index (κ2) is 7.72. The van der Waals surface area contributed by atoms with Gasteiger partial charge < -0.3 is 15.0 Å². The van der Waals surface area contributed by atoms with Crippen molar-refractivity contribution in [2.45, 2.75) is 6.54 Å². The van der Waals surface area contributed by atoms with Gasteiger partial charge in [-0.2, -0.15) is 0 Å². The lowest BCUT2D eigenvalue weighted by Crippen LogP contribution is -2.36. The number of aromatic nitrogens is 6. The predicted molar refractivity (Wildman–Crippen MR) is 108 cm³/mol. The zero-order chi connectivity index (χ0) is 21.4. The summed E-state index contributed by atoms with van der Waals surface area (Å²) in [6.07, 6.45) is 3.93. The fourth-order valence-corrected chi connectivity index (χ4v) is 3.52. The summed E-state index contributed by atoms with van der Waals surface area (Å²) in [7, 11) is 0. The number of rotatable bonds is 4. The maximum absolute atomic E-state index is 13.1. The molecule has 4 aromatic rings. The highest BCUT2D eigenvalue weighted by Crippen LogP contribution is 2.21. The van der Waals surface area contributed by atoms with Crippen LogP contribution < -0.4 is 15.8 Å². The first-order valence-corrected chi connectivity index (χ1v) is 9.56. The van der Waals surface area contributed by atoms with E-state index in [4.69, 9.17) is 4.74 Å². The molecule has 4 aromatic heterocycles. The van der Waals surface area contributed by atoms with Gasteiger partial charge in [-0.25, -0.2) is 18.8 Å². The third-order valence-corrected chi connectivity index (χ3v) is 5.01. The fraction of sp³-hybridized carbons (Fsp3) is 0.263. The lowest BCUT2D eigenvalue weighted by Gasteiger charge is -2.28. The molecule has 1 aliphatic heterocycles. The molecule has 1 amide bonds. The molecule has 31 heavy (non-hydrogen) atoms. The summed E-state index contributed by atoms with van der Waals surface area (Å²) in [6, 6.07) is 4.38. The van der Waals surface area contributed by atoms with E-state index in [0.717, 1.165) is 11.9 Å². The van der Waals surface area contributed by atoms with E-state index in [1.54, 1.807) is 10.8 Å². The van der Waals surface area contributed by atoms with Crippen LogP contribution in [0, 0.1) is 5.82 Å². The van der Waals surface area contributed by atoms with Gasteiger partial charge in [-0.3, -0.25) is 14.2 Å². The van der Waals surface area contributed by atoms with Crippen LogP contribution in [0.2, 0.25) is 0 Å². The number of halogens is 1. The van der Waals surface area contributed by atoms with Crippen LogP contribution in [0.25, 0.3) is 16.8 Å². The van der Waals surface area contributed by atoms with Gasteiger partial charge in [0.15, 0.2) is 5.52 Å². The van der Waals surface area contributed by atoms with Crippen molar-refractivity contribution in [3.63, 3.8) is 0 Å². The number of ether oxygens (including phenoxy) is 1. The highest BCUT2D eigenvalue weighted by atomic mass is 19.1. The molecule has 0 aliphatic carbocycles. The smallest absolute Gasteiger partial charge is 0.286 e. The Morgan fingerprint density at radius 3 is 2.81 bits per heavy atom. The maximum atomic E-state index is 13.1. The first-order chi connectivity index (χ1) is 15.1. The zero-order valence-corrected chi connectivity index (χ0v) is 16.2. The topological polar surface area (TPSA) is 120 Å². The van der Waals surface area contributed by atoms with Gasteiger partial charge in [0.05, 0.1) is 36.8 Å². The molecule has 12 heteroatoms. The molecule has 0 spiro atoms. The quantitative estimate of drug-likeness (QED) is 0.502. The Hall–Kier alpha value is -3.93. The van der Waals surface area contributed by atoms with Gasteiger partial charge in [-0.1, -0.05) is 0 Å². The van der Waals surface area contributed by atoms with Crippen LogP contribution in [-0.4, -0.2) is 61.3 Å². The maximum Gasteiger partial charge on any atom is 0.286 e. The molecule has 158 valence electrons. The molecule has 1 N–H and O–H groups in total.